The minimum atomic E-state index is -0.653. The molecule has 0 aliphatic carbocycles. The Morgan fingerprint density at radius 3 is 2.68 bits per heavy atom. The number of benzene rings is 1. The number of aliphatic hydroxyl groups excluding tert-OH is 1. The number of hydrogen-bond acceptors (Lipinski definition) is 5. The zero-order valence-electron chi connectivity index (χ0n) is 14.0. The van der Waals surface area contributed by atoms with Gasteiger partial charge < -0.3 is 15.4 Å². The van der Waals surface area contributed by atoms with Crippen LogP contribution in [0.1, 0.15) is 13.3 Å². The van der Waals surface area contributed by atoms with Crippen molar-refractivity contribution in [2.45, 2.75) is 24.7 Å². The Morgan fingerprint density at radius 2 is 2.00 bits per heavy atom. The van der Waals surface area contributed by atoms with Crippen LogP contribution in [0.2, 0.25) is 0 Å². The maximum atomic E-state index is 13.2. The van der Waals surface area contributed by atoms with E-state index in [4.69, 9.17) is 0 Å². The maximum absolute atomic E-state index is 13.2. The first-order valence-electron chi connectivity index (χ1n) is 7.91. The highest BCUT2D eigenvalue weighted by molar-refractivity contribution is 7.98. The van der Waals surface area contributed by atoms with Gasteiger partial charge in [-0.2, -0.15) is 0 Å². The molecule has 130 valence electrons. The number of rotatable bonds is 6. The van der Waals surface area contributed by atoms with Crippen molar-refractivity contribution >= 4 is 17.6 Å². The standard InChI is InChI=1S/C18H19FN4OS/c1-3-15(24)21-14-10-12(8-9-20-14)17-16(22-18(23-17)25-2)11-4-6-13(19)7-5-11/h4-10,15,24H,3H2,1-2H3,(H,20,21)(H,22,23). The monoisotopic (exact) mass is 358 g/mol. The molecular formula is C18H19FN4OS. The van der Waals surface area contributed by atoms with Crippen molar-refractivity contribution in [3.63, 3.8) is 0 Å². The smallest absolute Gasteiger partial charge is 0.166 e. The van der Waals surface area contributed by atoms with Gasteiger partial charge in [-0.25, -0.2) is 14.4 Å². The lowest BCUT2D eigenvalue weighted by molar-refractivity contribution is 0.199. The number of aromatic amines is 1. The first-order valence-corrected chi connectivity index (χ1v) is 9.14. The topological polar surface area (TPSA) is 73.8 Å². The number of hydrogen-bond donors (Lipinski definition) is 3. The van der Waals surface area contributed by atoms with E-state index in [0.29, 0.717) is 12.2 Å². The minimum absolute atomic E-state index is 0.279. The van der Waals surface area contributed by atoms with Crippen LogP contribution >= 0.6 is 11.8 Å². The summed E-state index contributed by atoms with van der Waals surface area (Å²) >= 11 is 1.50. The second-order valence-corrected chi connectivity index (χ2v) is 6.27. The molecule has 1 unspecified atom stereocenters. The van der Waals surface area contributed by atoms with E-state index < -0.39 is 6.23 Å². The molecule has 25 heavy (non-hydrogen) atoms. The molecule has 0 aliphatic heterocycles. The molecule has 0 amide bonds. The average Bonchev–Trinajstić information content (AvgIpc) is 3.07. The van der Waals surface area contributed by atoms with E-state index in [1.807, 2.05) is 25.3 Å². The Labute approximate surface area is 149 Å². The van der Waals surface area contributed by atoms with Gasteiger partial charge in [0.25, 0.3) is 0 Å². The minimum Gasteiger partial charge on any atom is -0.374 e. The summed E-state index contributed by atoms with van der Waals surface area (Å²) in [5.74, 6) is 0.296. The fourth-order valence-electron chi connectivity index (χ4n) is 2.41. The van der Waals surface area contributed by atoms with Crippen LogP contribution in [-0.4, -0.2) is 32.5 Å². The van der Waals surface area contributed by atoms with Crippen molar-refractivity contribution in [3.8, 4) is 22.5 Å². The summed E-state index contributed by atoms with van der Waals surface area (Å²) in [5, 5.41) is 13.5. The Balaban J connectivity index is 2.03. The number of nitrogens with one attached hydrogen (secondary N) is 2. The fraction of sp³-hybridized carbons (Fsp3) is 0.222. The number of imidazole rings is 1. The SMILES string of the molecule is CCC(O)Nc1cc(-c2nc(SC)[nH]c2-c2ccc(F)cc2)ccn1. The molecular weight excluding hydrogens is 339 g/mol. The Kier molecular flexibility index (Phi) is 5.35. The van der Waals surface area contributed by atoms with E-state index in [0.717, 1.165) is 27.7 Å². The van der Waals surface area contributed by atoms with Gasteiger partial charge in [0.05, 0.1) is 11.4 Å². The molecule has 0 aliphatic rings. The number of anilines is 1. The van der Waals surface area contributed by atoms with Gasteiger partial charge >= 0.3 is 0 Å². The van der Waals surface area contributed by atoms with Crippen molar-refractivity contribution in [1.29, 1.82) is 0 Å². The van der Waals surface area contributed by atoms with Crippen molar-refractivity contribution in [2.24, 2.45) is 0 Å². The summed E-state index contributed by atoms with van der Waals surface area (Å²) in [6.07, 6.45) is 3.53. The number of H-pyrrole nitrogens is 1. The molecule has 3 rings (SSSR count). The first-order chi connectivity index (χ1) is 12.1. The molecule has 0 radical (unpaired) electrons. The van der Waals surface area contributed by atoms with Crippen LogP contribution in [0.4, 0.5) is 10.2 Å². The molecule has 2 heterocycles. The van der Waals surface area contributed by atoms with Gasteiger partial charge in [-0.05, 0) is 49.1 Å². The van der Waals surface area contributed by atoms with Crippen LogP contribution in [0, 0.1) is 5.82 Å². The molecule has 2 aromatic heterocycles. The van der Waals surface area contributed by atoms with Crippen LogP contribution < -0.4 is 5.32 Å². The summed E-state index contributed by atoms with van der Waals surface area (Å²) in [4.78, 5) is 12.1. The lowest BCUT2D eigenvalue weighted by Crippen LogP contribution is -2.17. The van der Waals surface area contributed by atoms with E-state index in [1.165, 1.54) is 23.9 Å². The molecule has 7 heteroatoms. The van der Waals surface area contributed by atoms with Gasteiger partial charge in [-0.15, -0.1) is 0 Å². The lowest BCUT2D eigenvalue weighted by atomic mass is 10.1. The van der Waals surface area contributed by atoms with E-state index in [1.54, 1.807) is 18.3 Å². The number of pyridine rings is 1. The number of halogens is 1. The second kappa shape index (κ2) is 7.67. The largest absolute Gasteiger partial charge is 0.374 e. The predicted molar refractivity (Wildman–Crippen MR) is 98.9 cm³/mol. The van der Waals surface area contributed by atoms with Crippen LogP contribution in [-0.2, 0) is 0 Å². The summed E-state index contributed by atoms with van der Waals surface area (Å²) in [6.45, 7) is 1.88. The normalized spacial score (nSPS) is 12.2. The maximum Gasteiger partial charge on any atom is 0.166 e. The molecule has 5 nitrogen and oxygen atoms in total. The lowest BCUT2D eigenvalue weighted by Gasteiger charge is -2.11. The highest BCUT2D eigenvalue weighted by Crippen LogP contribution is 2.33. The van der Waals surface area contributed by atoms with Gasteiger partial charge in [-0.3, -0.25) is 0 Å². The Hall–Kier alpha value is -2.38. The molecule has 3 N–H and O–H groups in total. The third kappa shape index (κ3) is 4.00. The van der Waals surface area contributed by atoms with Gasteiger partial charge in [0.15, 0.2) is 5.16 Å². The molecule has 1 atom stereocenters. The zero-order valence-corrected chi connectivity index (χ0v) is 14.8. The quantitative estimate of drug-likeness (QED) is 0.456. The van der Waals surface area contributed by atoms with Gasteiger partial charge in [0, 0.05) is 17.3 Å². The van der Waals surface area contributed by atoms with Crippen LogP contribution in [0.25, 0.3) is 22.5 Å². The van der Waals surface area contributed by atoms with Crippen molar-refractivity contribution in [3.05, 3.63) is 48.4 Å². The third-order valence-electron chi connectivity index (χ3n) is 3.74. The predicted octanol–water partition coefficient (Wildman–Crippen LogP) is 4.14. The highest BCUT2D eigenvalue weighted by Gasteiger charge is 2.15. The molecule has 0 bridgehead atoms. The summed E-state index contributed by atoms with van der Waals surface area (Å²) < 4.78 is 13.2. The Bertz CT molecular complexity index is 851. The van der Waals surface area contributed by atoms with Crippen LogP contribution in [0.15, 0.2) is 47.8 Å². The molecule has 1 aromatic carbocycles. The highest BCUT2D eigenvalue weighted by atomic mass is 32.2. The summed E-state index contributed by atoms with van der Waals surface area (Å²) in [5.41, 5.74) is 3.28. The van der Waals surface area contributed by atoms with Crippen molar-refractivity contribution < 1.29 is 9.50 Å². The van der Waals surface area contributed by atoms with Crippen LogP contribution in [0.3, 0.4) is 0 Å². The fourth-order valence-corrected chi connectivity index (χ4v) is 2.80. The molecule has 0 saturated heterocycles. The van der Waals surface area contributed by atoms with Gasteiger partial charge in [0.2, 0.25) is 0 Å². The molecule has 3 aromatic rings. The van der Waals surface area contributed by atoms with E-state index in [-0.39, 0.29) is 5.82 Å². The van der Waals surface area contributed by atoms with E-state index in [9.17, 15) is 9.50 Å². The van der Waals surface area contributed by atoms with Gasteiger partial charge in [-0.1, -0.05) is 18.7 Å². The van der Waals surface area contributed by atoms with Crippen LogP contribution in [0.5, 0.6) is 0 Å². The molecule has 0 fully saturated rings. The van der Waals surface area contributed by atoms with E-state index >= 15 is 0 Å². The molecule has 0 saturated carbocycles. The third-order valence-corrected chi connectivity index (χ3v) is 4.32. The zero-order chi connectivity index (χ0) is 17.8. The molecule has 0 spiro atoms. The van der Waals surface area contributed by atoms with E-state index in [2.05, 4.69) is 20.3 Å². The summed E-state index contributed by atoms with van der Waals surface area (Å²) in [6, 6.07) is 9.99. The number of aliphatic hydroxyl groups is 1. The second-order valence-electron chi connectivity index (χ2n) is 5.47. The first kappa shape index (κ1) is 17.4. The summed E-state index contributed by atoms with van der Waals surface area (Å²) in [7, 11) is 0. The van der Waals surface area contributed by atoms with Gasteiger partial charge in [0.1, 0.15) is 17.9 Å². The number of aromatic nitrogens is 3. The van der Waals surface area contributed by atoms with Crippen molar-refractivity contribution in [2.75, 3.05) is 11.6 Å². The van der Waals surface area contributed by atoms with Crippen molar-refractivity contribution in [1.82, 2.24) is 15.0 Å². The number of nitrogens with zero attached hydrogens (tertiary/aromatic N) is 2. The number of thioether (sulfide) groups is 1. The Morgan fingerprint density at radius 1 is 1.24 bits per heavy atom. The average molecular weight is 358 g/mol.